The van der Waals surface area contributed by atoms with Crippen LogP contribution in [0.2, 0.25) is 0 Å². The van der Waals surface area contributed by atoms with Gasteiger partial charge in [0.15, 0.2) is 0 Å². The van der Waals surface area contributed by atoms with Crippen molar-refractivity contribution in [3.63, 3.8) is 0 Å². The van der Waals surface area contributed by atoms with Crippen molar-refractivity contribution in [2.24, 2.45) is 0 Å². The lowest BCUT2D eigenvalue weighted by Gasteiger charge is -2.24. The quantitative estimate of drug-likeness (QED) is 0.327. The van der Waals surface area contributed by atoms with E-state index in [1.165, 1.54) is 18.6 Å². The van der Waals surface area contributed by atoms with Crippen molar-refractivity contribution in [2.45, 2.75) is 57.6 Å². The molecule has 0 aliphatic carbocycles. The van der Waals surface area contributed by atoms with Gasteiger partial charge in [-0.3, -0.25) is 9.69 Å². The van der Waals surface area contributed by atoms with Gasteiger partial charge in [-0.05, 0) is 63.2 Å². The molecule has 0 bridgehead atoms. The zero-order chi connectivity index (χ0) is 22.9. The molecule has 1 aromatic heterocycles. The fourth-order valence-electron chi connectivity index (χ4n) is 4.21. The number of carboxylic acid groups (broad SMARTS) is 1. The fraction of sp³-hybridized carbons (Fsp3) is 0.520. The average Bonchev–Trinajstić information content (AvgIpc) is 3.26. The van der Waals surface area contributed by atoms with E-state index in [2.05, 4.69) is 23.4 Å². The highest BCUT2D eigenvalue weighted by Gasteiger charge is 2.35. The van der Waals surface area contributed by atoms with Gasteiger partial charge in [-0.2, -0.15) is 0 Å². The van der Waals surface area contributed by atoms with Gasteiger partial charge in [-0.25, -0.2) is 9.37 Å². The highest BCUT2D eigenvalue weighted by atomic mass is 19.1. The summed E-state index contributed by atoms with van der Waals surface area (Å²) < 4.78 is 19.6. The largest absolute Gasteiger partial charge is 0.480 e. The van der Waals surface area contributed by atoms with Crippen molar-refractivity contribution in [3.8, 4) is 12.3 Å². The summed E-state index contributed by atoms with van der Waals surface area (Å²) in [5.41, 5.74) is 2.50. The lowest BCUT2D eigenvalue weighted by atomic mass is 10.1. The molecule has 1 aromatic rings. The molecule has 32 heavy (non-hydrogen) atoms. The standard InChI is InChI=1S/C25H32FN3O3/c1-3-18(16-20(26)4-2)23(25(30)31)29-14-12-22(17-29)32-15-6-5-9-21-11-10-19-8-7-13-27-24(19)28-21/h1,4,10-11,16,22-23H,5-9,12-15,17H2,2H3,(H,27,28)(H,30,31)/b18-16+,20-4+/t22-,23?/m0/s1. The lowest BCUT2D eigenvalue weighted by molar-refractivity contribution is -0.141. The number of pyridine rings is 1. The maximum Gasteiger partial charge on any atom is 0.326 e. The Balaban J connectivity index is 1.43. The molecule has 3 heterocycles. The third kappa shape index (κ3) is 6.41. The zero-order valence-corrected chi connectivity index (χ0v) is 18.6. The Kier molecular flexibility index (Phi) is 8.83. The van der Waals surface area contributed by atoms with E-state index in [4.69, 9.17) is 16.1 Å². The van der Waals surface area contributed by atoms with E-state index in [0.717, 1.165) is 62.7 Å². The molecule has 0 spiro atoms. The number of terminal acetylenes is 1. The van der Waals surface area contributed by atoms with Gasteiger partial charge in [0.1, 0.15) is 17.7 Å². The Hall–Kier alpha value is -2.69. The molecule has 1 unspecified atom stereocenters. The van der Waals surface area contributed by atoms with Crippen LogP contribution in [0.15, 0.2) is 35.7 Å². The van der Waals surface area contributed by atoms with Gasteiger partial charge in [-0.1, -0.05) is 18.1 Å². The van der Waals surface area contributed by atoms with Crippen molar-refractivity contribution < 1.29 is 19.0 Å². The molecule has 7 heteroatoms. The number of ether oxygens (including phenoxy) is 1. The number of hydrogen-bond acceptors (Lipinski definition) is 5. The number of carboxylic acids is 1. The minimum absolute atomic E-state index is 0.0477. The van der Waals surface area contributed by atoms with Crippen LogP contribution in [0.1, 0.15) is 43.9 Å². The number of anilines is 1. The summed E-state index contributed by atoms with van der Waals surface area (Å²) in [6.45, 7) is 4.15. The maximum absolute atomic E-state index is 13.6. The average molecular weight is 442 g/mol. The number of nitrogens with one attached hydrogen (secondary N) is 1. The summed E-state index contributed by atoms with van der Waals surface area (Å²) in [6, 6.07) is 3.25. The van der Waals surface area contributed by atoms with Crippen LogP contribution in [0.3, 0.4) is 0 Å². The number of aromatic nitrogens is 1. The monoisotopic (exact) mass is 441 g/mol. The van der Waals surface area contributed by atoms with Gasteiger partial charge in [0.2, 0.25) is 0 Å². The minimum Gasteiger partial charge on any atom is -0.480 e. The first-order valence-electron chi connectivity index (χ1n) is 11.3. The number of hydrogen-bond donors (Lipinski definition) is 2. The molecular weight excluding hydrogens is 409 g/mol. The van der Waals surface area contributed by atoms with Gasteiger partial charge in [0.05, 0.1) is 6.10 Å². The summed E-state index contributed by atoms with van der Waals surface area (Å²) in [7, 11) is 0. The summed E-state index contributed by atoms with van der Waals surface area (Å²) in [4.78, 5) is 18.3. The number of fused-ring (bicyclic) bond motifs is 1. The van der Waals surface area contributed by atoms with Gasteiger partial charge in [0, 0.05) is 37.5 Å². The number of aliphatic carboxylic acids is 1. The molecule has 172 valence electrons. The molecule has 2 atom stereocenters. The molecule has 1 saturated heterocycles. The Morgan fingerprint density at radius 3 is 3.09 bits per heavy atom. The fourth-order valence-corrected chi connectivity index (χ4v) is 4.21. The Labute approximate surface area is 189 Å². The van der Waals surface area contributed by atoms with E-state index < -0.39 is 17.8 Å². The molecular formula is C25H32FN3O3. The number of likely N-dealkylation sites (tertiary alicyclic amines) is 1. The van der Waals surface area contributed by atoms with Gasteiger partial charge in [-0.15, -0.1) is 6.42 Å². The third-order valence-corrected chi connectivity index (χ3v) is 5.94. The van der Waals surface area contributed by atoms with Gasteiger partial charge in [0.25, 0.3) is 0 Å². The minimum atomic E-state index is -1.08. The van der Waals surface area contributed by atoms with Crippen molar-refractivity contribution >= 4 is 11.8 Å². The first kappa shape index (κ1) is 24.0. The van der Waals surface area contributed by atoms with Crippen molar-refractivity contribution in [2.75, 3.05) is 31.6 Å². The van der Waals surface area contributed by atoms with Crippen LogP contribution in [0.4, 0.5) is 10.2 Å². The second-order valence-electron chi connectivity index (χ2n) is 8.23. The second-order valence-corrected chi connectivity index (χ2v) is 8.23. The first-order chi connectivity index (χ1) is 15.5. The Morgan fingerprint density at radius 2 is 2.34 bits per heavy atom. The van der Waals surface area contributed by atoms with Crippen LogP contribution in [0.5, 0.6) is 0 Å². The molecule has 3 rings (SSSR count). The van der Waals surface area contributed by atoms with Crippen LogP contribution < -0.4 is 5.32 Å². The number of carbonyl (C=O) groups is 1. The van der Waals surface area contributed by atoms with Crippen molar-refractivity contribution in [3.05, 3.63) is 46.9 Å². The number of allylic oxidation sites excluding steroid dienone is 3. The van der Waals surface area contributed by atoms with Crippen molar-refractivity contribution in [1.82, 2.24) is 9.88 Å². The number of nitrogens with zero attached hydrogens (tertiary/aromatic N) is 2. The van der Waals surface area contributed by atoms with Crippen LogP contribution in [0, 0.1) is 12.3 Å². The number of unbranched alkanes of at least 4 members (excludes halogenated alkanes) is 1. The predicted molar refractivity (Wildman–Crippen MR) is 123 cm³/mol. The molecule has 0 aromatic carbocycles. The highest BCUT2D eigenvalue weighted by Crippen LogP contribution is 2.23. The molecule has 0 amide bonds. The van der Waals surface area contributed by atoms with Crippen LogP contribution in [0.25, 0.3) is 0 Å². The predicted octanol–water partition coefficient (Wildman–Crippen LogP) is 3.74. The van der Waals surface area contributed by atoms with E-state index in [-0.39, 0.29) is 11.7 Å². The Bertz CT molecular complexity index is 906. The topological polar surface area (TPSA) is 74.7 Å². The lowest BCUT2D eigenvalue weighted by Crippen LogP contribution is -2.41. The van der Waals surface area contributed by atoms with E-state index in [1.54, 1.807) is 4.90 Å². The molecule has 2 aliphatic rings. The third-order valence-electron chi connectivity index (χ3n) is 5.94. The van der Waals surface area contributed by atoms with Crippen molar-refractivity contribution in [1.29, 1.82) is 0 Å². The van der Waals surface area contributed by atoms with Crippen LogP contribution >= 0.6 is 0 Å². The SMILES string of the molecule is C#C/C(=C\C(F)=C/C)C(C(=O)O)N1CC[C@H](OCCCCc2ccc3c(n2)NCCC3)C1. The number of rotatable bonds is 10. The summed E-state index contributed by atoms with van der Waals surface area (Å²) in [5, 5.41) is 13.0. The zero-order valence-electron chi connectivity index (χ0n) is 18.6. The highest BCUT2D eigenvalue weighted by molar-refractivity contribution is 5.79. The van der Waals surface area contributed by atoms with Crippen LogP contribution in [-0.4, -0.2) is 59.3 Å². The molecule has 2 N–H and O–H groups in total. The molecule has 0 radical (unpaired) electrons. The Morgan fingerprint density at radius 1 is 1.50 bits per heavy atom. The van der Waals surface area contributed by atoms with Crippen LogP contribution in [-0.2, 0) is 22.4 Å². The van der Waals surface area contributed by atoms with Gasteiger partial charge >= 0.3 is 5.97 Å². The molecule has 0 saturated carbocycles. The molecule has 2 aliphatic heterocycles. The normalized spacial score (nSPS) is 20.3. The smallest absolute Gasteiger partial charge is 0.326 e. The summed E-state index contributed by atoms with van der Waals surface area (Å²) in [5.74, 6) is 1.75. The maximum atomic E-state index is 13.6. The summed E-state index contributed by atoms with van der Waals surface area (Å²) >= 11 is 0. The summed E-state index contributed by atoms with van der Waals surface area (Å²) in [6.07, 6.45) is 13.6. The molecule has 6 nitrogen and oxygen atoms in total. The number of halogens is 1. The van der Waals surface area contributed by atoms with Gasteiger partial charge < -0.3 is 15.2 Å². The van der Waals surface area contributed by atoms with E-state index >= 15 is 0 Å². The second kappa shape index (κ2) is 11.8. The van der Waals surface area contributed by atoms with E-state index in [1.807, 2.05) is 0 Å². The van der Waals surface area contributed by atoms with E-state index in [9.17, 15) is 14.3 Å². The van der Waals surface area contributed by atoms with E-state index in [0.29, 0.717) is 19.7 Å². The number of aryl methyl sites for hydroxylation is 2. The first-order valence-corrected chi connectivity index (χ1v) is 11.3. The molecule has 1 fully saturated rings.